The van der Waals surface area contributed by atoms with Crippen molar-refractivity contribution < 1.29 is 9.72 Å². The maximum atomic E-state index is 13.4. The summed E-state index contributed by atoms with van der Waals surface area (Å²) < 4.78 is 2.13. The summed E-state index contributed by atoms with van der Waals surface area (Å²) in [5.41, 5.74) is 7.86. The van der Waals surface area contributed by atoms with Crippen LogP contribution in [0.15, 0.2) is 30.5 Å². The molecule has 4 rings (SSSR count). The number of aromatic nitrogens is 2. The fourth-order valence-corrected chi connectivity index (χ4v) is 5.23. The molecule has 1 aromatic carbocycles. The number of nitrogens with two attached hydrogens (primary N) is 1. The van der Waals surface area contributed by atoms with Crippen molar-refractivity contribution in [3.05, 3.63) is 46.4 Å². The minimum atomic E-state index is -0.512. The Hall–Kier alpha value is -2.74. The number of nitro benzene ring substituents is 1. The van der Waals surface area contributed by atoms with Gasteiger partial charge in [0.1, 0.15) is 5.82 Å². The molecule has 1 aliphatic carbocycles. The van der Waals surface area contributed by atoms with Gasteiger partial charge in [0.05, 0.1) is 22.7 Å². The molecule has 0 saturated heterocycles. The molecule has 1 aromatic heterocycles. The number of carbonyl (C=O) groups excluding carboxylic acids is 1. The lowest BCUT2D eigenvalue weighted by Crippen LogP contribution is -2.51. The third-order valence-corrected chi connectivity index (χ3v) is 7.52. The van der Waals surface area contributed by atoms with Crippen LogP contribution >= 0.6 is 0 Å². The molecule has 1 saturated carbocycles. The lowest BCUT2D eigenvalue weighted by atomic mass is 9.83. The predicted molar refractivity (Wildman–Crippen MR) is 127 cm³/mol. The van der Waals surface area contributed by atoms with Gasteiger partial charge in [0.2, 0.25) is 5.91 Å². The molecule has 2 heterocycles. The van der Waals surface area contributed by atoms with Crippen LogP contribution in [0.1, 0.15) is 70.7 Å². The summed E-state index contributed by atoms with van der Waals surface area (Å²) in [5.74, 6) is 1.58. The SMILES string of the molecule is CC[C@H](C)[C@H](N)C(=O)N1CCn2cc(-c3cccc([N+](=O)[O-])c3)nc2[C@@H]1CC1CCCCC1. The highest BCUT2D eigenvalue weighted by Crippen LogP contribution is 2.38. The van der Waals surface area contributed by atoms with Crippen LogP contribution in [0.25, 0.3) is 11.3 Å². The van der Waals surface area contributed by atoms with Crippen molar-refractivity contribution in [1.82, 2.24) is 14.5 Å². The molecule has 1 amide bonds. The molecule has 33 heavy (non-hydrogen) atoms. The van der Waals surface area contributed by atoms with Crippen LogP contribution in [0.5, 0.6) is 0 Å². The van der Waals surface area contributed by atoms with Gasteiger partial charge in [-0.05, 0) is 18.3 Å². The standard InChI is InChI=1S/C25H35N5O3/c1-3-17(2)23(26)25(31)29-13-12-28-16-21(19-10-7-11-20(15-19)30(32)33)27-24(28)22(29)14-18-8-5-4-6-9-18/h7,10-11,15-18,22-23H,3-6,8-9,12-14,26H2,1-2H3/t17-,22-,23-/m0/s1. The van der Waals surface area contributed by atoms with Crippen LogP contribution < -0.4 is 5.73 Å². The molecule has 2 aromatic rings. The van der Waals surface area contributed by atoms with Gasteiger partial charge in [-0.15, -0.1) is 0 Å². The van der Waals surface area contributed by atoms with E-state index in [0.29, 0.717) is 24.7 Å². The van der Waals surface area contributed by atoms with E-state index in [9.17, 15) is 14.9 Å². The van der Waals surface area contributed by atoms with E-state index in [1.165, 1.54) is 38.2 Å². The summed E-state index contributed by atoms with van der Waals surface area (Å²) >= 11 is 0. The summed E-state index contributed by atoms with van der Waals surface area (Å²) in [7, 11) is 0. The van der Waals surface area contributed by atoms with E-state index in [0.717, 1.165) is 24.2 Å². The molecular weight excluding hydrogens is 418 g/mol. The van der Waals surface area contributed by atoms with Crippen molar-refractivity contribution in [2.24, 2.45) is 17.6 Å². The molecule has 178 valence electrons. The summed E-state index contributed by atoms with van der Waals surface area (Å²) in [6.45, 7) is 5.35. The largest absolute Gasteiger partial charge is 0.331 e. The lowest BCUT2D eigenvalue weighted by molar-refractivity contribution is -0.384. The van der Waals surface area contributed by atoms with E-state index in [1.54, 1.807) is 12.1 Å². The minimum Gasteiger partial charge on any atom is -0.331 e. The number of nitro groups is 1. The first kappa shape index (κ1) is 23.4. The van der Waals surface area contributed by atoms with E-state index < -0.39 is 6.04 Å². The molecular formula is C25H35N5O3. The molecule has 3 atom stereocenters. The molecule has 0 bridgehead atoms. The van der Waals surface area contributed by atoms with Crippen molar-refractivity contribution in [2.45, 2.75) is 77.4 Å². The van der Waals surface area contributed by atoms with Crippen molar-refractivity contribution in [3.63, 3.8) is 0 Å². The number of rotatable bonds is 7. The van der Waals surface area contributed by atoms with Gasteiger partial charge in [-0.2, -0.15) is 0 Å². The van der Waals surface area contributed by atoms with Gasteiger partial charge in [0.25, 0.3) is 5.69 Å². The number of hydrogen-bond donors (Lipinski definition) is 1. The summed E-state index contributed by atoms with van der Waals surface area (Å²) in [6.07, 6.45) is 9.87. The van der Waals surface area contributed by atoms with E-state index in [4.69, 9.17) is 10.7 Å². The molecule has 8 heteroatoms. The zero-order valence-corrected chi connectivity index (χ0v) is 19.7. The van der Waals surface area contributed by atoms with Crippen molar-refractivity contribution in [1.29, 1.82) is 0 Å². The number of hydrogen-bond acceptors (Lipinski definition) is 5. The van der Waals surface area contributed by atoms with Crippen molar-refractivity contribution >= 4 is 11.6 Å². The third kappa shape index (κ3) is 4.95. The molecule has 8 nitrogen and oxygen atoms in total. The maximum absolute atomic E-state index is 13.4. The Morgan fingerprint density at radius 3 is 2.73 bits per heavy atom. The second kappa shape index (κ2) is 10.0. The number of nitrogens with zero attached hydrogens (tertiary/aromatic N) is 4. The molecule has 0 spiro atoms. The van der Waals surface area contributed by atoms with Crippen LogP contribution in [-0.2, 0) is 11.3 Å². The zero-order chi connectivity index (χ0) is 23.5. The molecule has 0 unspecified atom stereocenters. The summed E-state index contributed by atoms with van der Waals surface area (Å²) in [5, 5.41) is 11.2. The highest BCUT2D eigenvalue weighted by atomic mass is 16.6. The topological polar surface area (TPSA) is 107 Å². The molecule has 2 N–H and O–H groups in total. The first-order valence-electron chi connectivity index (χ1n) is 12.3. The summed E-state index contributed by atoms with van der Waals surface area (Å²) in [6, 6.07) is 5.96. The van der Waals surface area contributed by atoms with Crippen molar-refractivity contribution in [3.8, 4) is 11.3 Å². The monoisotopic (exact) mass is 453 g/mol. The number of non-ortho nitro benzene ring substituents is 1. The van der Waals surface area contributed by atoms with Crippen LogP contribution in [0.2, 0.25) is 0 Å². The second-order valence-corrected chi connectivity index (χ2v) is 9.68. The van der Waals surface area contributed by atoms with Gasteiger partial charge in [0.15, 0.2) is 0 Å². The van der Waals surface area contributed by atoms with Gasteiger partial charge in [-0.3, -0.25) is 14.9 Å². The van der Waals surface area contributed by atoms with E-state index in [2.05, 4.69) is 11.5 Å². The highest BCUT2D eigenvalue weighted by molar-refractivity contribution is 5.82. The van der Waals surface area contributed by atoms with E-state index in [-0.39, 0.29) is 28.5 Å². The highest BCUT2D eigenvalue weighted by Gasteiger charge is 2.37. The molecule has 1 fully saturated rings. The van der Waals surface area contributed by atoms with E-state index in [1.807, 2.05) is 24.1 Å². The summed E-state index contributed by atoms with van der Waals surface area (Å²) in [4.78, 5) is 31.2. The van der Waals surface area contributed by atoms with Crippen LogP contribution in [0, 0.1) is 22.0 Å². The van der Waals surface area contributed by atoms with Crippen LogP contribution in [-0.4, -0.2) is 37.9 Å². The quantitative estimate of drug-likeness (QED) is 0.483. The molecule has 0 radical (unpaired) electrons. The number of fused-ring (bicyclic) bond motifs is 1. The first-order valence-corrected chi connectivity index (χ1v) is 12.3. The average Bonchev–Trinajstić information content (AvgIpc) is 3.28. The minimum absolute atomic E-state index is 0.0105. The number of imidazole rings is 1. The number of benzene rings is 1. The third-order valence-electron chi connectivity index (χ3n) is 7.52. The van der Waals surface area contributed by atoms with E-state index >= 15 is 0 Å². The Balaban J connectivity index is 1.67. The number of carbonyl (C=O) groups is 1. The Morgan fingerprint density at radius 2 is 2.03 bits per heavy atom. The molecule has 2 aliphatic rings. The van der Waals surface area contributed by atoms with Gasteiger partial charge < -0.3 is 15.2 Å². The fourth-order valence-electron chi connectivity index (χ4n) is 5.23. The Morgan fingerprint density at radius 1 is 1.27 bits per heavy atom. The first-order chi connectivity index (χ1) is 15.9. The molecule has 1 aliphatic heterocycles. The predicted octanol–water partition coefficient (Wildman–Crippen LogP) is 4.69. The van der Waals surface area contributed by atoms with Gasteiger partial charge in [-0.25, -0.2) is 4.98 Å². The van der Waals surface area contributed by atoms with Gasteiger partial charge >= 0.3 is 0 Å². The zero-order valence-electron chi connectivity index (χ0n) is 19.7. The van der Waals surface area contributed by atoms with Crippen LogP contribution in [0.3, 0.4) is 0 Å². The van der Waals surface area contributed by atoms with Gasteiger partial charge in [0, 0.05) is 37.0 Å². The Labute approximate surface area is 195 Å². The maximum Gasteiger partial charge on any atom is 0.270 e. The normalized spacial score (nSPS) is 20.8. The second-order valence-electron chi connectivity index (χ2n) is 9.68. The lowest BCUT2D eigenvalue weighted by Gasteiger charge is -2.40. The Bertz CT molecular complexity index is 998. The van der Waals surface area contributed by atoms with Crippen LogP contribution in [0.4, 0.5) is 5.69 Å². The number of amides is 1. The smallest absolute Gasteiger partial charge is 0.270 e. The van der Waals surface area contributed by atoms with Gasteiger partial charge in [-0.1, -0.05) is 64.5 Å². The fraction of sp³-hybridized carbons (Fsp3) is 0.600. The Kier molecular flexibility index (Phi) is 7.12. The van der Waals surface area contributed by atoms with Crippen molar-refractivity contribution in [2.75, 3.05) is 6.54 Å². The average molecular weight is 454 g/mol.